The first-order valence-corrected chi connectivity index (χ1v) is 7.50. The molecule has 1 aromatic heterocycles. The zero-order chi connectivity index (χ0) is 15.7. The number of aromatic amines is 1. The third-order valence-electron chi connectivity index (χ3n) is 3.55. The molecule has 0 fully saturated rings. The molecule has 1 aromatic carbocycles. The minimum Gasteiger partial charge on any atom is -0.326 e. The van der Waals surface area contributed by atoms with Crippen molar-refractivity contribution in [3.63, 3.8) is 0 Å². The molecule has 0 aliphatic carbocycles. The highest BCUT2D eigenvalue weighted by atomic mass is 35.5. The van der Waals surface area contributed by atoms with Gasteiger partial charge in [-0.2, -0.15) is 0 Å². The van der Waals surface area contributed by atoms with Crippen LogP contribution in [0.5, 0.6) is 0 Å². The first kappa shape index (κ1) is 14.9. The fourth-order valence-electron chi connectivity index (χ4n) is 2.40. The second kappa shape index (κ2) is 6.02. The Kier molecular flexibility index (Phi) is 4.09. The summed E-state index contributed by atoms with van der Waals surface area (Å²) in [6.45, 7) is 0.999. The molecule has 2 heterocycles. The van der Waals surface area contributed by atoms with Gasteiger partial charge in [0.1, 0.15) is 0 Å². The maximum absolute atomic E-state index is 12.3. The predicted octanol–water partition coefficient (Wildman–Crippen LogP) is 3.27. The van der Waals surface area contributed by atoms with Gasteiger partial charge in [-0.05, 0) is 23.8 Å². The van der Waals surface area contributed by atoms with Gasteiger partial charge in [-0.25, -0.2) is 4.79 Å². The number of hydrogen-bond donors (Lipinski definition) is 2. The molecule has 2 aromatic rings. The number of nitrogens with one attached hydrogen (secondary N) is 2. The summed E-state index contributed by atoms with van der Waals surface area (Å²) in [5, 5.41) is 3.62. The van der Waals surface area contributed by atoms with Gasteiger partial charge in [-0.3, -0.25) is 4.79 Å². The lowest BCUT2D eigenvalue weighted by Crippen LogP contribution is -2.39. The van der Waals surface area contributed by atoms with Gasteiger partial charge in [0.15, 0.2) is 0 Å². The van der Waals surface area contributed by atoms with Crippen LogP contribution in [-0.4, -0.2) is 22.5 Å². The Morgan fingerprint density at radius 3 is 2.77 bits per heavy atom. The molecule has 0 unspecified atom stereocenters. The normalized spacial score (nSPS) is 13.6. The van der Waals surface area contributed by atoms with Gasteiger partial charge in [0.2, 0.25) is 5.56 Å². The maximum Gasteiger partial charge on any atom is 0.322 e. The molecule has 0 radical (unpaired) electrons. The van der Waals surface area contributed by atoms with Crippen LogP contribution in [0, 0.1) is 0 Å². The maximum atomic E-state index is 12.3. The van der Waals surface area contributed by atoms with Gasteiger partial charge >= 0.3 is 6.03 Å². The highest BCUT2D eigenvalue weighted by Gasteiger charge is 2.21. The topological polar surface area (TPSA) is 65.2 Å². The number of carbonyl (C=O) groups is 1. The first-order valence-electron chi connectivity index (χ1n) is 6.75. The lowest BCUT2D eigenvalue weighted by atomic mass is 10.1. The van der Waals surface area contributed by atoms with Gasteiger partial charge in [0.05, 0.1) is 10.0 Å². The second-order valence-electron chi connectivity index (χ2n) is 5.06. The Balaban J connectivity index is 1.72. The van der Waals surface area contributed by atoms with E-state index < -0.39 is 0 Å². The molecule has 1 aliphatic rings. The number of carbonyl (C=O) groups excluding carboxylic acids is 1. The average molecular weight is 338 g/mol. The number of halogens is 2. The fourth-order valence-corrected chi connectivity index (χ4v) is 2.70. The lowest BCUT2D eigenvalue weighted by molar-refractivity contribution is 0.206. The number of anilines is 1. The summed E-state index contributed by atoms with van der Waals surface area (Å²) in [4.78, 5) is 28.1. The fraction of sp³-hybridized carbons (Fsp3) is 0.200. The Morgan fingerprint density at radius 2 is 2.00 bits per heavy atom. The molecule has 0 atom stereocenters. The van der Waals surface area contributed by atoms with E-state index in [1.807, 2.05) is 0 Å². The van der Waals surface area contributed by atoms with Crippen molar-refractivity contribution >= 4 is 34.9 Å². The number of amides is 2. The molecule has 2 N–H and O–H groups in total. The Hall–Kier alpha value is -1.98. The summed E-state index contributed by atoms with van der Waals surface area (Å²) in [5.74, 6) is 0. The van der Waals surface area contributed by atoms with Crippen molar-refractivity contribution in [2.24, 2.45) is 0 Å². The summed E-state index contributed by atoms with van der Waals surface area (Å²) in [5.41, 5.74) is 2.32. The van der Waals surface area contributed by atoms with E-state index in [0.29, 0.717) is 35.2 Å². The monoisotopic (exact) mass is 337 g/mol. The van der Waals surface area contributed by atoms with E-state index in [2.05, 4.69) is 10.3 Å². The summed E-state index contributed by atoms with van der Waals surface area (Å²) >= 11 is 11.8. The number of aromatic nitrogens is 1. The molecule has 2 amide bonds. The molecule has 0 saturated heterocycles. The predicted molar refractivity (Wildman–Crippen MR) is 86.7 cm³/mol. The largest absolute Gasteiger partial charge is 0.326 e. The Labute approximate surface area is 136 Å². The lowest BCUT2D eigenvalue weighted by Gasteiger charge is -2.28. The average Bonchev–Trinajstić information content (AvgIpc) is 2.50. The van der Waals surface area contributed by atoms with Crippen molar-refractivity contribution < 1.29 is 4.79 Å². The second-order valence-corrected chi connectivity index (χ2v) is 5.87. The van der Waals surface area contributed by atoms with Crippen LogP contribution in [0.1, 0.15) is 11.3 Å². The van der Waals surface area contributed by atoms with Crippen LogP contribution in [0.4, 0.5) is 10.5 Å². The van der Waals surface area contributed by atoms with Gasteiger partial charge < -0.3 is 15.2 Å². The number of H-pyrrole nitrogens is 1. The molecule has 22 heavy (non-hydrogen) atoms. The third-order valence-corrected chi connectivity index (χ3v) is 4.29. The van der Waals surface area contributed by atoms with E-state index >= 15 is 0 Å². The van der Waals surface area contributed by atoms with Gasteiger partial charge in [-0.15, -0.1) is 0 Å². The molecule has 1 aliphatic heterocycles. The van der Waals surface area contributed by atoms with Crippen molar-refractivity contribution in [2.45, 2.75) is 13.0 Å². The number of pyridine rings is 1. The quantitative estimate of drug-likeness (QED) is 0.838. The van der Waals surface area contributed by atoms with Crippen molar-refractivity contribution in [3.8, 4) is 0 Å². The van der Waals surface area contributed by atoms with E-state index in [1.54, 1.807) is 29.2 Å². The smallest absolute Gasteiger partial charge is 0.322 e. The van der Waals surface area contributed by atoms with E-state index in [1.165, 1.54) is 6.07 Å². The van der Waals surface area contributed by atoms with Gasteiger partial charge in [0.25, 0.3) is 0 Å². The van der Waals surface area contributed by atoms with Crippen LogP contribution in [0.15, 0.2) is 35.1 Å². The highest BCUT2D eigenvalue weighted by Crippen LogP contribution is 2.25. The number of nitrogens with zero attached hydrogens (tertiary/aromatic N) is 1. The van der Waals surface area contributed by atoms with Gasteiger partial charge in [0, 0.05) is 37.0 Å². The Bertz CT molecular complexity index is 789. The van der Waals surface area contributed by atoms with Crippen LogP contribution >= 0.6 is 23.2 Å². The minimum atomic E-state index is -0.213. The summed E-state index contributed by atoms with van der Waals surface area (Å²) in [7, 11) is 0. The molecule has 5 nitrogen and oxygen atoms in total. The molecule has 7 heteroatoms. The zero-order valence-electron chi connectivity index (χ0n) is 11.5. The third kappa shape index (κ3) is 3.10. The number of fused-ring (bicyclic) bond motifs is 1. The molecule has 0 saturated carbocycles. The molecule has 0 spiro atoms. The number of rotatable bonds is 1. The van der Waals surface area contributed by atoms with E-state index in [9.17, 15) is 9.59 Å². The molecular formula is C15H13Cl2N3O2. The van der Waals surface area contributed by atoms with Crippen molar-refractivity contribution in [1.82, 2.24) is 9.88 Å². The number of benzene rings is 1. The van der Waals surface area contributed by atoms with E-state index in [0.717, 1.165) is 11.3 Å². The first-order chi connectivity index (χ1) is 10.5. The van der Waals surface area contributed by atoms with Gasteiger partial charge in [-0.1, -0.05) is 29.3 Å². The van der Waals surface area contributed by atoms with Crippen molar-refractivity contribution in [3.05, 3.63) is 62.0 Å². The molecular weight excluding hydrogens is 325 g/mol. The van der Waals surface area contributed by atoms with Crippen LogP contribution < -0.4 is 10.9 Å². The number of urea groups is 1. The number of hydrogen-bond acceptors (Lipinski definition) is 2. The molecule has 0 bridgehead atoms. The zero-order valence-corrected chi connectivity index (χ0v) is 13.0. The van der Waals surface area contributed by atoms with Crippen LogP contribution in [0.2, 0.25) is 10.0 Å². The standard InChI is InChI=1S/C15H13Cl2N3O2/c16-11-3-2-10(7-12(11)17)18-15(22)20-6-5-13-9(8-20)1-4-14(21)19-13/h1-4,7H,5-6,8H2,(H,18,22)(H,19,21). The van der Waals surface area contributed by atoms with Crippen LogP contribution in [0.3, 0.4) is 0 Å². The van der Waals surface area contributed by atoms with E-state index in [-0.39, 0.29) is 11.6 Å². The SMILES string of the molecule is O=C(Nc1ccc(Cl)c(Cl)c1)N1CCc2[nH]c(=O)ccc2C1. The minimum absolute atomic E-state index is 0.118. The Morgan fingerprint density at radius 1 is 1.18 bits per heavy atom. The van der Waals surface area contributed by atoms with Crippen LogP contribution in [-0.2, 0) is 13.0 Å². The van der Waals surface area contributed by atoms with Crippen LogP contribution in [0.25, 0.3) is 0 Å². The van der Waals surface area contributed by atoms with E-state index in [4.69, 9.17) is 23.2 Å². The summed E-state index contributed by atoms with van der Waals surface area (Å²) < 4.78 is 0. The van der Waals surface area contributed by atoms with Crippen molar-refractivity contribution in [2.75, 3.05) is 11.9 Å². The molecule has 114 valence electrons. The van der Waals surface area contributed by atoms with Crippen molar-refractivity contribution in [1.29, 1.82) is 0 Å². The summed E-state index contributed by atoms with van der Waals surface area (Å²) in [6.07, 6.45) is 0.625. The molecule has 3 rings (SSSR count). The highest BCUT2D eigenvalue weighted by molar-refractivity contribution is 6.42. The summed E-state index contributed by atoms with van der Waals surface area (Å²) in [6, 6.07) is 7.95.